The number of ether oxygens (including phenoxy) is 1. The Morgan fingerprint density at radius 1 is 0.365 bits per heavy atom. The Labute approximate surface area is 419 Å². The summed E-state index contributed by atoms with van der Waals surface area (Å²) in [5, 5.41) is 10.2. The van der Waals surface area contributed by atoms with Crippen molar-refractivity contribution in [3.05, 3.63) is 178 Å². The molecular formula is C50H38BF20IO2. The van der Waals surface area contributed by atoms with Crippen LogP contribution in [0.1, 0.15) is 77.6 Å². The van der Waals surface area contributed by atoms with Gasteiger partial charge in [-0.2, -0.15) is 0 Å². The molecule has 6 aromatic carbocycles. The highest BCUT2D eigenvalue weighted by atomic mass is 127. The highest BCUT2D eigenvalue weighted by Crippen LogP contribution is 2.31. The van der Waals surface area contributed by atoms with Gasteiger partial charge in [-0.3, -0.25) is 0 Å². The predicted octanol–water partition coefficient (Wildman–Crippen LogP) is 9.71. The Morgan fingerprint density at radius 2 is 0.635 bits per heavy atom. The maximum Gasteiger partial charge on any atom is 0.357 e. The molecule has 0 saturated carbocycles. The van der Waals surface area contributed by atoms with Crippen molar-refractivity contribution >= 4 is 28.0 Å². The number of hydrogen-bond donors (Lipinski definition) is 1. The van der Waals surface area contributed by atoms with Crippen LogP contribution in [-0.2, 0) is 0 Å². The second-order valence-corrected chi connectivity index (χ2v) is 19.6. The van der Waals surface area contributed by atoms with Crippen LogP contribution in [0.4, 0.5) is 87.8 Å². The van der Waals surface area contributed by atoms with Crippen LogP contribution in [0, 0.1) is 123 Å². The average molecular weight is 1190 g/mol. The molecule has 0 fully saturated rings. The molecule has 0 saturated heterocycles. The zero-order chi connectivity index (χ0) is 54.9. The lowest BCUT2D eigenvalue weighted by molar-refractivity contribution is -0.597. The van der Waals surface area contributed by atoms with E-state index in [0.717, 1.165) is 18.6 Å². The molecule has 0 bridgehead atoms. The minimum absolute atomic E-state index is 0.131. The van der Waals surface area contributed by atoms with Gasteiger partial charge in [0.15, 0.2) is 76.9 Å². The maximum absolute atomic E-state index is 15.4. The third kappa shape index (κ3) is 12.1. The largest absolute Gasteiger partial charge is 0.491 e. The lowest BCUT2D eigenvalue weighted by Crippen LogP contribution is -3.61. The Bertz CT molecular complexity index is 2560. The van der Waals surface area contributed by atoms with Crippen LogP contribution in [0.2, 0.25) is 0 Å². The van der Waals surface area contributed by atoms with Crippen LogP contribution < -0.4 is 47.8 Å². The first kappa shape index (κ1) is 59.4. The summed E-state index contributed by atoms with van der Waals surface area (Å²) in [5.41, 5.74) is -14.3. The molecule has 24 heteroatoms. The van der Waals surface area contributed by atoms with Crippen LogP contribution in [0.5, 0.6) is 5.75 Å². The van der Waals surface area contributed by atoms with Gasteiger partial charge in [-0.05, 0) is 42.8 Å². The Morgan fingerprint density at radius 3 is 0.946 bits per heavy atom. The van der Waals surface area contributed by atoms with Gasteiger partial charge in [-0.1, -0.05) is 89.3 Å². The van der Waals surface area contributed by atoms with E-state index < -0.39 is 144 Å². The third-order valence-electron chi connectivity index (χ3n) is 11.8. The van der Waals surface area contributed by atoms with Gasteiger partial charge in [0, 0.05) is 0 Å². The van der Waals surface area contributed by atoms with E-state index in [0.29, 0.717) is 6.61 Å². The van der Waals surface area contributed by atoms with Crippen LogP contribution >= 0.6 is 0 Å². The lowest BCUT2D eigenvalue weighted by atomic mass is 9.12. The minimum atomic E-state index is -7.22. The molecular weight excluding hydrogens is 1150 g/mol. The molecule has 400 valence electrons. The summed E-state index contributed by atoms with van der Waals surface area (Å²) in [6, 6.07) is 19.0. The molecule has 0 aromatic heterocycles. The quantitative estimate of drug-likeness (QED) is 0.0206. The smallest absolute Gasteiger partial charge is 0.357 e. The second-order valence-electron chi connectivity index (χ2n) is 16.6. The standard InChI is InChI=1S/C26H38IO2.C24BF20/c1-2-3-4-5-6-7-8-9-10-14-17-25(28)22-29-26-20-18-24(19-21-26)27-23-15-12-11-13-16-23;26-5-1(6(27)14(35)21(42)13(5)34)25(2-7(28)15(36)22(43)16(37)8(2)29,3-9(30)17(38)23(44)18(39)10(3)31)4-11(32)19(40)24(45)20(41)12(4)33/h11-13,15-16,18-21,25,28H,2-10,14,17,22H2,1H3;/q+1;-1. The summed E-state index contributed by atoms with van der Waals surface area (Å²) in [5.74, 6) is -70.6. The summed E-state index contributed by atoms with van der Waals surface area (Å²) in [6.07, 6.45) is 6.51. The van der Waals surface area contributed by atoms with Crippen LogP contribution in [-0.4, -0.2) is 24.0 Å². The molecule has 1 atom stereocenters. The molecule has 1 unspecified atom stereocenters. The molecule has 0 spiro atoms. The molecule has 1 N–H and O–H groups in total. The molecule has 0 amide bonds. The number of aliphatic hydroxyl groups is 1. The highest BCUT2D eigenvalue weighted by Gasteiger charge is 2.52. The van der Waals surface area contributed by atoms with Crippen molar-refractivity contribution in [3.8, 4) is 5.75 Å². The van der Waals surface area contributed by atoms with Gasteiger partial charge in [-0.15, -0.1) is 21.9 Å². The molecule has 0 radical (unpaired) electrons. The van der Waals surface area contributed by atoms with E-state index in [9.17, 15) is 57.8 Å². The normalized spacial score (nSPS) is 12.0. The summed E-state index contributed by atoms with van der Waals surface area (Å²) >= 11 is -0.131. The van der Waals surface area contributed by atoms with E-state index >= 15 is 35.1 Å². The molecule has 6 aromatic rings. The molecule has 2 nitrogen and oxygen atoms in total. The van der Waals surface area contributed by atoms with Gasteiger partial charge in [0.2, 0.25) is 0 Å². The summed E-state index contributed by atoms with van der Waals surface area (Å²) in [7, 11) is 0. The predicted molar refractivity (Wildman–Crippen MR) is 227 cm³/mol. The van der Waals surface area contributed by atoms with Crippen LogP contribution in [0.25, 0.3) is 0 Å². The van der Waals surface area contributed by atoms with Gasteiger partial charge < -0.3 is 9.84 Å². The SMILES string of the molecule is CCCCCCCCCCCCC(O)COc1ccc([I+]c2ccccc2)cc1.Fc1c(F)c(F)c([B-](c2c(F)c(F)c(F)c(F)c2F)(c2c(F)c(F)c(F)c(F)c2F)c2c(F)c(F)c(F)c(F)c2F)c(F)c1F. The summed E-state index contributed by atoms with van der Waals surface area (Å²) in [4.78, 5) is 0. The molecule has 0 aliphatic carbocycles. The number of rotatable bonds is 20. The fourth-order valence-corrected chi connectivity index (χ4v) is 10.4. The monoisotopic (exact) mass is 1190 g/mol. The van der Waals surface area contributed by atoms with E-state index in [1.807, 2.05) is 12.1 Å². The number of unbranched alkanes of at least 4 members (excludes halogenated alkanes) is 9. The van der Waals surface area contributed by atoms with E-state index in [2.05, 4.69) is 49.4 Å². The van der Waals surface area contributed by atoms with Gasteiger partial charge in [-0.25, -0.2) is 87.8 Å². The third-order valence-corrected chi connectivity index (χ3v) is 14.5. The lowest BCUT2D eigenvalue weighted by Gasteiger charge is -2.44. The number of benzene rings is 6. The Balaban J connectivity index is 0.000000302. The van der Waals surface area contributed by atoms with Gasteiger partial charge >= 0.3 is 21.2 Å². The van der Waals surface area contributed by atoms with Crippen LogP contribution in [0.15, 0.2) is 54.6 Å². The highest BCUT2D eigenvalue weighted by molar-refractivity contribution is 7.20. The van der Waals surface area contributed by atoms with Crippen molar-refractivity contribution in [2.45, 2.75) is 83.7 Å². The van der Waals surface area contributed by atoms with Crippen molar-refractivity contribution in [2.24, 2.45) is 0 Å². The van der Waals surface area contributed by atoms with Crippen molar-refractivity contribution in [1.82, 2.24) is 0 Å². The minimum Gasteiger partial charge on any atom is -0.491 e. The maximum atomic E-state index is 15.4. The first-order valence-corrected chi connectivity index (χ1v) is 24.5. The van der Waals surface area contributed by atoms with Crippen molar-refractivity contribution in [1.29, 1.82) is 0 Å². The number of hydrogen-bond acceptors (Lipinski definition) is 2. The first-order chi connectivity index (χ1) is 35.0. The van der Waals surface area contributed by atoms with E-state index in [4.69, 9.17) is 4.74 Å². The zero-order valence-electron chi connectivity index (χ0n) is 38.1. The Hall–Kier alpha value is -5.53. The van der Waals surface area contributed by atoms with E-state index in [1.165, 1.54) is 64.9 Å². The van der Waals surface area contributed by atoms with E-state index in [1.54, 1.807) is 0 Å². The summed E-state index contributed by atoms with van der Waals surface area (Å²) < 4.78 is 303. The van der Waals surface area contributed by atoms with Gasteiger partial charge in [0.05, 0.1) is 6.10 Å². The van der Waals surface area contributed by atoms with Crippen molar-refractivity contribution in [3.63, 3.8) is 0 Å². The van der Waals surface area contributed by atoms with Crippen molar-refractivity contribution in [2.75, 3.05) is 6.61 Å². The van der Waals surface area contributed by atoms with Crippen LogP contribution in [0.3, 0.4) is 0 Å². The zero-order valence-corrected chi connectivity index (χ0v) is 40.3. The molecule has 0 aliphatic heterocycles. The number of aliphatic hydroxyl groups excluding tert-OH is 1. The fourth-order valence-electron chi connectivity index (χ4n) is 8.21. The molecule has 0 aliphatic rings. The number of halogens is 21. The Kier molecular flexibility index (Phi) is 20.7. The van der Waals surface area contributed by atoms with Gasteiger partial charge in [0.1, 0.15) is 65.0 Å². The molecule has 6 rings (SSSR count). The summed E-state index contributed by atoms with van der Waals surface area (Å²) in [6.45, 7) is 2.66. The van der Waals surface area contributed by atoms with Gasteiger partial charge in [0.25, 0.3) is 0 Å². The molecule has 74 heavy (non-hydrogen) atoms. The topological polar surface area (TPSA) is 29.5 Å². The average Bonchev–Trinajstić information content (AvgIpc) is 3.39. The van der Waals surface area contributed by atoms with E-state index in [-0.39, 0.29) is 27.3 Å². The molecule has 0 heterocycles. The second kappa shape index (κ2) is 25.8. The first-order valence-electron chi connectivity index (χ1n) is 22.3. The van der Waals surface area contributed by atoms with Crippen molar-refractivity contribution < 1.29 is 119 Å². The fraction of sp³-hybridized carbons (Fsp3) is 0.280.